The van der Waals surface area contributed by atoms with Gasteiger partial charge in [0.2, 0.25) is 0 Å². The Morgan fingerprint density at radius 2 is 2.13 bits per heavy atom. The van der Waals surface area contributed by atoms with E-state index in [1.807, 2.05) is 0 Å². The van der Waals surface area contributed by atoms with Gasteiger partial charge in [0.25, 0.3) is 0 Å². The Hall–Kier alpha value is -0.0800. The van der Waals surface area contributed by atoms with Gasteiger partial charge in [-0.15, -0.1) is 0 Å². The molecule has 0 aromatic heterocycles. The molecule has 1 saturated carbocycles. The van der Waals surface area contributed by atoms with E-state index in [-0.39, 0.29) is 0 Å². The quantitative estimate of drug-likeness (QED) is 0.699. The molecule has 2 fully saturated rings. The Bertz CT molecular complexity index is 213. The van der Waals surface area contributed by atoms with Gasteiger partial charge in [0.05, 0.1) is 0 Å². The molecule has 15 heavy (non-hydrogen) atoms. The van der Waals surface area contributed by atoms with Gasteiger partial charge in [-0.2, -0.15) is 0 Å². The SMILES string of the molecule is CCCNCC1CCN(C2CC2(C)C)C1. The lowest BCUT2D eigenvalue weighted by Crippen LogP contribution is -2.29. The molecular formula is C13H26N2. The highest BCUT2D eigenvalue weighted by molar-refractivity contribution is 5.04. The van der Waals surface area contributed by atoms with Crippen LogP contribution in [0.25, 0.3) is 0 Å². The summed E-state index contributed by atoms with van der Waals surface area (Å²) < 4.78 is 0. The second kappa shape index (κ2) is 4.42. The summed E-state index contributed by atoms with van der Waals surface area (Å²) in [5, 5.41) is 3.55. The van der Waals surface area contributed by atoms with E-state index in [0.29, 0.717) is 5.41 Å². The highest BCUT2D eigenvalue weighted by atomic mass is 15.2. The number of likely N-dealkylation sites (tertiary alicyclic amines) is 1. The predicted octanol–water partition coefficient (Wildman–Crippen LogP) is 2.11. The van der Waals surface area contributed by atoms with E-state index in [2.05, 4.69) is 31.0 Å². The van der Waals surface area contributed by atoms with Gasteiger partial charge in [-0.25, -0.2) is 0 Å². The van der Waals surface area contributed by atoms with Crippen molar-refractivity contribution in [3.8, 4) is 0 Å². The predicted molar refractivity (Wildman–Crippen MR) is 65.0 cm³/mol. The molecule has 2 aliphatic rings. The molecule has 2 atom stereocenters. The molecule has 2 unspecified atom stereocenters. The van der Waals surface area contributed by atoms with Crippen molar-refractivity contribution in [2.75, 3.05) is 26.2 Å². The van der Waals surface area contributed by atoms with Crippen LogP contribution in [0.1, 0.15) is 40.0 Å². The third-order valence-electron chi connectivity index (χ3n) is 4.08. The number of hydrogen-bond acceptors (Lipinski definition) is 2. The number of nitrogens with one attached hydrogen (secondary N) is 1. The molecule has 1 saturated heterocycles. The van der Waals surface area contributed by atoms with Gasteiger partial charge < -0.3 is 5.32 Å². The van der Waals surface area contributed by atoms with Crippen molar-refractivity contribution in [3.63, 3.8) is 0 Å². The summed E-state index contributed by atoms with van der Waals surface area (Å²) in [6.45, 7) is 12.1. The maximum Gasteiger partial charge on any atom is 0.0153 e. The van der Waals surface area contributed by atoms with Gasteiger partial charge >= 0.3 is 0 Å². The Kier molecular flexibility index (Phi) is 3.36. The second-order valence-electron chi connectivity index (χ2n) is 6.06. The Balaban J connectivity index is 1.67. The first-order valence-corrected chi connectivity index (χ1v) is 6.58. The normalized spacial score (nSPS) is 34.6. The van der Waals surface area contributed by atoms with Gasteiger partial charge in [0.15, 0.2) is 0 Å². The van der Waals surface area contributed by atoms with E-state index < -0.39 is 0 Å². The van der Waals surface area contributed by atoms with Crippen molar-refractivity contribution in [3.05, 3.63) is 0 Å². The summed E-state index contributed by atoms with van der Waals surface area (Å²) in [6.07, 6.45) is 4.08. The Morgan fingerprint density at radius 3 is 2.73 bits per heavy atom. The summed E-state index contributed by atoms with van der Waals surface area (Å²) in [4.78, 5) is 2.72. The zero-order chi connectivity index (χ0) is 10.9. The maximum absolute atomic E-state index is 3.55. The summed E-state index contributed by atoms with van der Waals surface area (Å²) in [6, 6.07) is 0.897. The molecule has 2 rings (SSSR count). The van der Waals surface area contributed by atoms with Crippen molar-refractivity contribution in [1.29, 1.82) is 0 Å². The van der Waals surface area contributed by atoms with Gasteiger partial charge in [0, 0.05) is 12.6 Å². The fourth-order valence-electron chi connectivity index (χ4n) is 2.86. The third kappa shape index (κ3) is 2.73. The van der Waals surface area contributed by atoms with E-state index >= 15 is 0 Å². The molecule has 1 N–H and O–H groups in total. The van der Waals surface area contributed by atoms with E-state index in [1.54, 1.807) is 0 Å². The molecule has 0 bridgehead atoms. The molecule has 0 amide bonds. The van der Waals surface area contributed by atoms with E-state index in [9.17, 15) is 0 Å². The monoisotopic (exact) mass is 210 g/mol. The van der Waals surface area contributed by atoms with Crippen molar-refractivity contribution in [2.24, 2.45) is 11.3 Å². The summed E-state index contributed by atoms with van der Waals surface area (Å²) in [7, 11) is 0. The van der Waals surface area contributed by atoms with Crippen LogP contribution in [0.2, 0.25) is 0 Å². The van der Waals surface area contributed by atoms with Crippen LogP contribution >= 0.6 is 0 Å². The van der Waals surface area contributed by atoms with Gasteiger partial charge in [-0.05, 0) is 50.2 Å². The molecule has 1 aliphatic carbocycles. The summed E-state index contributed by atoms with van der Waals surface area (Å²) >= 11 is 0. The summed E-state index contributed by atoms with van der Waals surface area (Å²) in [5.74, 6) is 0.910. The first-order valence-electron chi connectivity index (χ1n) is 6.58. The topological polar surface area (TPSA) is 15.3 Å². The van der Waals surface area contributed by atoms with Crippen molar-refractivity contribution >= 4 is 0 Å². The van der Waals surface area contributed by atoms with Crippen molar-refractivity contribution in [1.82, 2.24) is 10.2 Å². The second-order valence-corrected chi connectivity index (χ2v) is 6.06. The van der Waals surface area contributed by atoms with Gasteiger partial charge in [-0.3, -0.25) is 4.90 Å². The molecule has 0 radical (unpaired) electrons. The zero-order valence-electron chi connectivity index (χ0n) is 10.6. The van der Waals surface area contributed by atoms with Crippen LogP contribution < -0.4 is 5.32 Å². The molecule has 2 nitrogen and oxygen atoms in total. The Morgan fingerprint density at radius 1 is 1.40 bits per heavy atom. The van der Waals surface area contributed by atoms with Gasteiger partial charge in [0.1, 0.15) is 0 Å². The lowest BCUT2D eigenvalue weighted by atomic mass is 10.1. The molecule has 0 spiro atoms. The lowest BCUT2D eigenvalue weighted by Gasteiger charge is -2.18. The minimum absolute atomic E-state index is 0.617. The minimum Gasteiger partial charge on any atom is -0.316 e. The van der Waals surface area contributed by atoms with Crippen molar-refractivity contribution in [2.45, 2.75) is 46.1 Å². The lowest BCUT2D eigenvalue weighted by molar-refractivity contribution is 0.277. The maximum atomic E-state index is 3.55. The molecule has 2 heteroatoms. The third-order valence-corrected chi connectivity index (χ3v) is 4.08. The van der Waals surface area contributed by atoms with Crippen molar-refractivity contribution < 1.29 is 0 Å². The van der Waals surface area contributed by atoms with E-state index in [0.717, 1.165) is 12.0 Å². The highest BCUT2D eigenvalue weighted by Gasteiger charge is 2.50. The number of rotatable bonds is 5. The first kappa shape index (κ1) is 11.4. The van der Waals surface area contributed by atoms with Crippen LogP contribution in [-0.4, -0.2) is 37.1 Å². The number of hydrogen-bond donors (Lipinski definition) is 1. The van der Waals surface area contributed by atoms with Crippen LogP contribution in [0.4, 0.5) is 0 Å². The molecule has 88 valence electrons. The Labute approximate surface area is 94.4 Å². The average molecular weight is 210 g/mol. The fourth-order valence-corrected chi connectivity index (χ4v) is 2.86. The molecule has 1 aliphatic heterocycles. The minimum atomic E-state index is 0.617. The van der Waals surface area contributed by atoms with Crippen LogP contribution in [-0.2, 0) is 0 Å². The smallest absolute Gasteiger partial charge is 0.0153 e. The van der Waals surface area contributed by atoms with E-state index in [4.69, 9.17) is 0 Å². The molecular weight excluding hydrogens is 184 g/mol. The average Bonchev–Trinajstić information content (AvgIpc) is 2.64. The largest absolute Gasteiger partial charge is 0.316 e. The fraction of sp³-hybridized carbons (Fsp3) is 1.00. The van der Waals surface area contributed by atoms with Crippen LogP contribution in [0.5, 0.6) is 0 Å². The molecule has 1 heterocycles. The zero-order valence-corrected chi connectivity index (χ0v) is 10.6. The standard InChI is InChI=1S/C13H26N2/c1-4-6-14-9-11-5-7-15(10-11)12-8-13(12,2)3/h11-12,14H,4-10H2,1-3H3. The van der Waals surface area contributed by atoms with Crippen LogP contribution in [0.15, 0.2) is 0 Å². The molecule has 0 aromatic rings. The van der Waals surface area contributed by atoms with Crippen LogP contribution in [0, 0.1) is 11.3 Å². The molecule has 0 aromatic carbocycles. The number of nitrogens with zero attached hydrogens (tertiary/aromatic N) is 1. The first-order chi connectivity index (χ1) is 7.13. The van der Waals surface area contributed by atoms with Gasteiger partial charge in [-0.1, -0.05) is 20.8 Å². The highest BCUT2D eigenvalue weighted by Crippen LogP contribution is 2.49. The summed E-state index contributed by atoms with van der Waals surface area (Å²) in [5.41, 5.74) is 0.617. The van der Waals surface area contributed by atoms with Crippen LogP contribution in [0.3, 0.4) is 0 Å². The van der Waals surface area contributed by atoms with E-state index in [1.165, 1.54) is 45.4 Å².